The van der Waals surface area contributed by atoms with Crippen molar-refractivity contribution in [2.75, 3.05) is 20.2 Å². The van der Waals surface area contributed by atoms with Gasteiger partial charge >= 0.3 is 5.00 Å². The van der Waals surface area contributed by atoms with Crippen LogP contribution in [0, 0.1) is 10.1 Å². The molecule has 0 saturated carbocycles. The molecular formula is C9H11N3O3S2. The predicted molar refractivity (Wildman–Crippen MR) is 68.0 cm³/mol. The molecule has 1 atom stereocenters. The Balaban J connectivity index is 2.20. The monoisotopic (exact) mass is 273 g/mol. The smallest absolute Gasteiger partial charge is 0.324 e. The summed E-state index contributed by atoms with van der Waals surface area (Å²) in [7, 11) is 1.74. The maximum atomic E-state index is 10.6. The number of rotatable bonds is 2. The molecule has 0 bridgehead atoms. The fourth-order valence-corrected chi connectivity index (χ4v) is 2.70. The van der Waals surface area contributed by atoms with Gasteiger partial charge in [0.1, 0.15) is 0 Å². The molecule has 6 nitrogen and oxygen atoms in total. The molecule has 0 radical (unpaired) electrons. The molecule has 1 aromatic rings. The summed E-state index contributed by atoms with van der Waals surface area (Å²) in [6.07, 6.45) is -0.311. The van der Waals surface area contributed by atoms with Crippen molar-refractivity contribution in [3.63, 3.8) is 0 Å². The number of nitro groups is 1. The molecular weight excluding hydrogens is 262 g/mol. The maximum absolute atomic E-state index is 10.6. The third-order valence-corrected chi connectivity index (χ3v) is 3.91. The number of ether oxygens (including phenoxy) is 1. The van der Waals surface area contributed by atoms with E-state index in [9.17, 15) is 10.1 Å². The molecule has 92 valence electrons. The van der Waals surface area contributed by atoms with Gasteiger partial charge in [-0.2, -0.15) is 0 Å². The summed E-state index contributed by atoms with van der Waals surface area (Å²) in [6.45, 7) is 1.26. The third-order valence-electron chi connectivity index (χ3n) is 2.40. The molecule has 0 aliphatic carbocycles. The zero-order valence-corrected chi connectivity index (χ0v) is 10.7. The first-order valence-corrected chi connectivity index (χ1v) is 6.20. The van der Waals surface area contributed by atoms with Gasteiger partial charge in [-0.25, -0.2) is 0 Å². The van der Waals surface area contributed by atoms with E-state index in [2.05, 4.69) is 5.32 Å². The van der Waals surface area contributed by atoms with Crippen molar-refractivity contribution in [2.45, 2.75) is 6.23 Å². The van der Waals surface area contributed by atoms with Crippen molar-refractivity contribution in [1.29, 1.82) is 0 Å². The van der Waals surface area contributed by atoms with E-state index in [-0.39, 0.29) is 11.2 Å². The average molecular weight is 273 g/mol. The highest BCUT2D eigenvalue weighted by molar-refractivity contribution is 7.80. The van der Waals surface area contributed by atoms with Crippen molar-refractivity contribution in [3.8, 4) is 0 Å². The van der Waals surface area contributed by atoms with Crippen molar-refractivity contribution >= 4 is 33.7 Å². The standard InChI is InChI=1S/C9H11N3O3S2/c1-10-9(16)11-4-5-15-8(11)6-2-3-7(17-6)12(13)14/h2-3,8H,4-5H2,1H3,(H,10,16). The molecule has 1 aliphatic rings. The summed E-state index contributed by atoms with van der Waals surface area (Å²) >= 11 is 6.27. The Hall–Kier alpha value is -1.25. The van der Waals surface area contributed by atoms with Crippen LogP contribution in [0.25, 0.3) is 0 Å². The van der Waals surface area contributed by atoms with E-state index >= 15 is 0 Å². The van der Waals surface area contributed by atoms with Crippen LogP contribution in [0.3, 0.4) is 0 Å². The van der Waals surface area contributed by atoms with Crippen molar-refractivity contribution in [3.05, 3.63) is 27.1 Å². The second kappa shape index (κ2) is 4.94. The van der Waals surface area contributed by atoms with Gasteiger partial charge in [-0.15, -0.1) is 0 Å². The van der Waals surface area contributed by atoms with Crippen LogP contribution in [0.15, 0.2) is 12.1 Å². The van der Waals surface area contributed by atoms with E-state index in [0.717, 1.165) is 16.2 Å². The molecule has 0 spiro atoms. The van der Waals surface area contributed by atoms with E-state index in [1.165, 1.54) is 6.07 Å². The van der Waals surface area contributed by atoms with Gasteiger partial charge in [0, 0.05) is 19.7 Å². The van der Waals surface area contributed by atoms with Gasteiger partial charge in [0.2, 0.25) is 0 Å². The van der Waals surface area contributed by atoms with Gasteiger partial charge in [-0.3, -0.25) is 10.1 Å². The van der Waals surface area contributed by atoms with Gasteiger partial charge in [-0.1, -0.05) is 11.3 Å². The zero-order valence-electron chi connectivity index (χ0n) is 9.08. The number of nitrogens with zero attached hydrogens (tertiary/aromatic N) is 2. The van der Waals surface area contributed by atoms with E-state index in [4.69, 9.17) is 17.0 Å². The number of thiocarbonyl (C=S) groups is 1. The van der Waals surface area contributed by atoms with Crippen LogP contribution in [0.1, 0.15) is 11.1 Å². The molecule has 1 unspecified atom stereocenters. The van der Waals surface area contributed by atoms with E-state index in [1.54, 1.807) is 13.1 Å². The van der Waals surface area contributed by atoms with Crippen LogP contribution in [-0.4, -0.2) is 35.1 Å². The Kier molecular flexibility index (Phi) is 3.55. The SMILES string of the molecule is CNC(=S)N1CCOC1c1ccc([N+](=O)[O-])s1. The lowest BCUT2D eigenvalue weighted by Gasteiger charge is -2.23. The number of thiophene rings is 1. The van der Waals surface area contributed by atoms with Crippen LogP contribution < -0.4 is 5.32 Å². The highest BCUT2D eigenvalue weighted by atomic mass is 32.1. The molecule has 0 aromatic carbocycles. The van der Waals surface area contributed by atoms with E-state index in [0.29, 0.717) is 18.3 Å². The molecule has 2 heterocycles. The Labute approximate surface area is 107 Å². The normalized spacial score (nSPS) is 19.4. The van der Waals surface area contributed by atoms with Gasteiger partial charge in [0.15, 0.2) is 11.3 Å². The molecule has 17 heavy (non-hydrogen) atoms. The quantitative estimate of drug-likeness (QED) is 0.500. The van der Waals surface area contributed by atoms with Gasteiger partial charge in [0.25, 0.3) is 0 Å². The second-order valence-electron chi connectivity index (χ2n) is 3.40. The first kappa shape index (κ1) is 12.2. The van der Waals surface area contributed by atoms with Gasteiger partial charge in [-0.05, 0) is 18.3 Å². The second-order valence-corrected chi connectivity index (χ2v) is 4.89. The fourth-order valence-electron chi connectivity index (χ4n) is 1.63. The van der Waals surface area contributed by atoms with Crippen LogP contribution in [0.5, 0.6) is 0 Å². The van der Waals surface area contributed by atoms with Crippen molar-refractivity contribution in [2.24, 2.45) is 0 Å². The van der Waals surface area contributed by atoms with E-state index < -0.39 is 4.92 Å². The minimum absolute atomic E-state index is 0.117. The Morgan fingerprint density at radius 3 is 3.12 bits per heavy atom. The van der Waals surface area contributed by atoms with Gasteiger partial charge < -0.3 is 15.0 Å². The largest absolute Gasteiger partial charge is 0.366 e. The van der Waals surface area contributed by atoms with E-state index in [1.807, 2.05) is 4.90 Å². The molecule has 0 amide bonds. The summed E-state index contributed by atoms with van der Waals surface area (Å²) in [5.74, 6) is 0. The summed E-state index contributed by atoms with van der Waals surface area (Å²) in [5.41, 5.74) is 0. The summed E-state index contributed by atoms with van der Waals surface area (Å²) in [4.78, 5) is 12.9. The first-order valence-electron chi connectivity index (χ1n) is 4.97. The summed E-state index contributed by atoms with van der Waals surface area (Å²) in [6, 6.07) is 3.20. The first-order chi connectivity index (χ1) is 8.13. The predicted octanol–water partition coefficient (Wildman–Crippen LogP) is 1.49. The third kappa shape index (κ3) is 2.38. The molecule has 8 heteroatoms. The highest BCUT2D eigenvalue weighted by Gasteiger charge is 2.30. The topological polar surface area (TPSA) is 67.6 Å². The number of nitrogens with one attached hydrogen (secondary N) is 1. The molecule has 1 saturated heterocycles. The number of hydrogen-bond acceptors (Lipinski definition) is 5. The minimum atomic E-state index is -0.399. The zero-order chi connectivity index (χ0) is 12.4. The lowest BCUT2D eigenvalue weighted by Crippen LogP contribution is -2.37. The molecule has 1 fully saturated rings. The fraction of sp³-hybridized carbons (Fsp3) is 0.444. The van der Waals surface area contributed by atoms with Crippen molar-refractivity contribution < 1.29 is 9.66 Å². The van der Waals surface area contributed by atoms with Crippen LogP contribution in [0.2, 0.25) is 0 Å². The highest BCUT2D eigenvalue weighted by Crippen LogP contribution is 2.34. The lowest BCUT2D eigenvalue weighted by molar-refractivity contribution is -0.380. The lowest BCUT2D eigenvalue weighted by atomic mass is 10.4. The van der Waals surface area contributed by atoms with Crippen LogP contribution >= 0.6 is 23.6 Å². The Bertz CT molecular complexity index is 448. The van der Waals surface area contributed by atoms with Crippen LogP contribution in [-0.2, 0) is 4.74 Å². The Morgan fingerprint density at radius 1 is 1.76 bits per heavy atom. The number of hydrogen-bond donors (Lipinski definition) is 1. The summed E-state index contributed by atoms with van der Waals surface area (Å²) in [5, 5.41) is 14.2. The maximum Gasteiger partial charge on any atom is 0.324 e. The minimum Gasteiger partial charge on any atom is -0.366 e. The Morgan fingerprint density at radius 2 is 2.53 bits per heavy atom. The van der Waals surface area contributed by atoms with Crippen molar-refractivity contribution in [1.82, 2.24) is 10.2 Å². The molecule has 1 N–H and O–H groups in total. The van der Waals surface area contributed by atoms with Crippen LogP contribution in [0.4, 0.5) is 5.00 Å². The molecule has 1 aliphatic heterocycles. The molecule has 2 rings (SSSR count). The van der Waals surface area contributed by atoms with Gasteiger partial charge in [0.05, 0.1) is 16.4 Å². The average Bonchev–Trinajstić information content (AvgIpc) is 2.95. The molecule has 1 aromatic heterocycles. The summed E-state index contributed by atoms with van der Waals surface area (Å²) < 4.78 is 5.55.